The zero-order valence-electron chi connectivity index (χ0n) is 37.5. The Morgan fingerprint density at radius 3 is 0.868 bits per heavy atom. The molecular formula is C66H46N2. The van der Waals surface area contributed by atoms with Gasteiger partial charge in [0, 0.05) is 33.5 Å². The van der Waals surface area contributed by atoms with E-state index < -0.39 is 0 Å². The highest BCUT2D eigenvalue weighted by atomic mass is 15.1. The SMILES string of the molecule is C(=C\c1ccc(-c2ccc(N(c3ccccc3)c3cc4ccccc4c4ccccc34)cc2)cc1)/c1ccc(-c2ccc(N(c3ccccc3)c3cc4ccccc4c4ccccc34)cc2)cc1. The number of rotatable bonds is 10. The molecule has 2 heteroatoms. The van der Waals surface area contributed by atoms with Crippen molar-refractivity contribution in [1.82, 2.24) is 0 Å². The van der Waals surface area contributed by atoms with Crippen LogP contribution in [0.25, 0.3) is 77.5 Å². The van der Waals surface area contributed by atoms with Crippen molar-refractivity contribution in [1.29, 1.82) is 0 Å². The zero-order valence-corrected chi connectivity index (χ0v) is 37.5. The zero-order chi connectivity index (χ0) is 45.2. The van der Waals surface area contributed by atoms with Crippen LogP contribution in [0.4, 0.5) is 34.1 Å². The van der Waals surface area contributed by atoms with Crippen LogP contribution in [0.1, 0.15) is 11.1 Å². The number of nitrogens with zero attached hydrogens (tertiary/aromatic N) is 2. The second-order valence-corrected chi connectivity index (χ2v) is 17.3. The van der Waals surface area contributed by atoms with E-state index in [1.807, 2.05) is 0 Å². The smallest absolute Gasteiger partial charge is 0.0546 e. The maximum Gasteiger partial charge on any atom is 0.0546 e. The van der Waals surface area contributed by atoms with Crippen LogP contribution in [0.2, 0.25) is 0 Å². The van der Waals surface area contributed by atoms with Gasteiger partial charge in [0.25, 0.3) is 0 Å². The first-order valence-electron chi connectivity index (χ1n) is 23.3. The lowest BCUT2D eigenvalue weighted by atomic mass is 9.98. The molecule has 0 N–H and O–H groups in total. The van der Waals surface area contributed by atoms with Crippen molar-refractivity contribution in [3.8, 4) is 22.3 Å². The maximum atomic E-state index is 2.38. The second kappa shape index (κ2) is 17.8. The molecule has 0 bridgehead atoms. The first kappa shape index (κ1) is 40.5. The van der Waals surface area contributed by atoms with Crippen LogP contribution in [0.3, 0.4) is 0 Å². The van der Waals surface area contributed by atoms with Crippen molar-refractivity contribution in [2.45, 2.75) is 0 Å². The lowest BCUT2D eigenvalue weighted by Crippen LogP contribution is -2.10. The summed E-state index contributed by atoms with van der Waals surface area (Å²) in [5.41, 5.74) is 13.8. The fourth-order valence-corrected chi connectivity index (χ4v) is 9.82. The van der Waals surface area contributed by atoms with Crippen LogP contribution >= 0.6 is 0 Å². The van der Waals surface area contributed by atoms with Gasteiger partial charge in [-0.25, -0.2) is 0 Å². The summed E-state index contributed by atoms with van der Waals surface area (Å²) in [5, 5.41) is 9.94. The topological polar surface area (TPSA) is 6.48 Å². The Hall–Kier alpha value is -8.98. The number of hydrogen-bond donors (Lipinski definition) is 0. The second-order valence-electron chi connectivity index (χ2n) is 17.3. The molecule has 0 spiro atoms. The van der Waals surface area contributed by atoms with Crippen LogP contribution in [-0.4, -0.2) is 0 Å². The average Bonchev–Trinajstić information content (AvgIpc) is 3.42. The van der Waals surface area contributed by atoms with Crippen LogP contribution in [0.5, 0.6) is 0 Å². The van der Waals surface area contributed by atoms with Gasteiger partial charge in [0.2, 0.25) is 0 Å². The van der Waals surface area contributed by atoms with Crippen molar-refractivity contribution < 1.29 is 0 Å². The average molecular weight is 867 g/mol. The monoisotopic (exact) mass is 866 g/mol. The van der Waals surface area contributed by atoms with E-state index in [0.717, 1.165) is 45.3 Å². The van der Waals surface area contributed by atoms with E-state index in [9.17, 15) is 0 Å². The molecule has 12 aromatic rings. The fourth-order valence-electron chi connectivity index (χ4n) is 9.82. The molecule has 0 aliphatic heterocycles. The molecule has 0 aromatic heterocycles. The molecule has 12 rings (SSSR count). The highest BCUT2D eigenvalue weighted by Crippen LogP contribution is 2.44. The van der Waals surface area contributed by atoms with Crippen molar-refractivity contribution >= 4 is 89.4 Å². The van der Waals surface area contributed by atoms with E-state index in [1.165, 1.54) is 65.3 Å². The normalized spacial score (nSPS) is 11.5. The minimum absolute atomic E-state index is 1.11. The summed E-state index contributed by atoms with van der Waals surface area (Å²) in [6, 6.07) is 96.4. The maximum absolute atomic E-state index is 2.38. The van der Waals surface area contributed by atoms with Crippen LogP contribution in [0, 0.1) is 0 Å². The van der Waals surface area contributed by atoms with Gasteiger partial charge in [-0.2, -0.15) is 0 Å². The largest absolute Gasteiger partial charge is 0.310 e. The molecule has 0 saturated carbocycles. The summed E-state index contributed by atoms with van der Waals surface area (Å²) in [4.78, 5) is 4.76. The Bertz CT molecular complexity index is 3490. The molecule has 0 heterocycles. The molecule has 320 valence electrons. The van der Waals surface area contributed by atoms with Gasteiger partial charge in [-0.3, -0.25) is 0 Å². The van der Waals surface area contributed by atoms with Crippen LogP contribution < -0.4 is 9.80 Å². The van der Waals surface area contributed by atoms with Gasteiger partial charge in [-0.1, -0.05) is 218 Å². The predicted octanol–water partition coefficient (Wildman–Crippen LogP) is 18.7. The number of hydrogen-bond acceptors (Lipinski definition) is 2. The van der Waals surface area contributed by atoms with Gasteiger partial charge in [-0.05, 0) is 126 Å². The van der Waals surface area contributed by atoms with E-state index >= 15 is 0 Å². The van der Waals surface area contributed by atoms with Crippen molar-refractivity contribution in [2.24, 2.45) is 0 Å². The van der Waals surface area contributed by atoms with E-state index in [1.54, 1.807) is 0 Å². The van der Waals surface area contributed by atoms with E-state index in [2.05, 4.69) is 289 Å². The number of benzene rings is 12. The third kappa shape index (κ3) is 7.74. The minimum atomic E-state index is 1.11. The molecule has 0 amide bonds. The molecule has 68 heavy (non-hydrogen) atoms. The summed E-state index contributed by atoms with van der Waals surface area (Å²) in [5.74, 6) is 0. The summed E-state index contributed by atoms with van der Waals surface area (Å²) >= 11 is 0. The molecule has 0 fully saturated rings. The highest BCUT2D eigenvalue weighted by Gasteiger charge is 2.19. The predicted molar refractivity (Wildman–Crippen MR) is 292 cm³/mol. The lowest BCUT2D eigenvalue weighted by molar-refractivity contribution is 1.30. The molecule has 0 aliphatic rings. The summed E-state index contributed by atoms with van der Waals surface area (Å²) in [7, 11) is 0. The number of para-hydroxylation sites is 2. The number of anilines is 6. The third-order valence-electron chi connectivity index (χ3n) is 13.2. The number of fused-ring (bicyclic) bond motifs is 6. The lowest BCUT2D eigenvalue weighted by Gasteiger charge is -2.27. The Labute approximate surface area is 397 Å². The van der Waals surface area contributed by atoms with Crippen LogP contribution in [0.15, 0.2) is 267 Å². The van der Waals surface area contributed by atoms with Gasteiger partial charge in [0.15, 0.2) is 0 Å². The van der Waals surface area contributed by atoms with Crippen molar-refractivity contribution in [3.05, 3.63) is 278 Å². The van der Waals surface area contributed by atoms with Crippen molar-refractivity contribution in [2.75, 3.05) is 9.80 Å². The Morgan fingerprint density at radius 2 is 0.500 bits per heavy atom. The van der Waals surface area contributed by atoms with Gasteiger partial charge in [0.05, 0.1) is 11.4 Å². The molecule has 0 radical (unpaired) electrons. The molecule has 12 aromatic carbocycles. The van der Waals surface area contributed by atoms with Gasteiger partial charge >= 0.3 is 0 Å². The molecule has 0 unspecified atom stereocenters. The van der Waals surface area contributed by atoms with E-state index in [-0.39, 0.29) is 0 Å². The Kier molecular flexibility index (Phi) is 10.6. The van der Waals surface area contributed by atoms with Gasteiger partial charge in [-0.15, -0.1) is 0 Å². The molecule has 2 nitrogen and oxygen atoms in total. The summed E-state index contributed by atoms with van der Waals surface area (Å²) in [6.45, 7) is 0. The molecular weight excluding hydrogens is 821 g/mol. The Morgan fingerprint density at radius 1 is 0.221 bits per heavy atom. The summed E-state index contributed by atoms with van der Waals surface area (Å²) in [6.07, 6.45) is 4.38. The molecule has 0 atom stereocenters. The first-order chi connectivity index (χ1) is 33.7. The first-order valence-corrected chi connectivity index (χ1v) is 23.3. The third-order valence-corrected chi connectivity index (χ3v) is 13.2. The summed E-state index contributed by atoms with van der Waals surface area (Å²) < 4.78 is 0. The molecule has 0 aliphatic carbocycles. The molecule has 0 saturated heterocycles. The van der Waals surface area contributed by atoms with Gasteiger partial charge < -0.3 is 9.80 Å². The van der Waals surface area contributed by atoms with Crippen LogP contribution in [-0.2, 0) is 0 Å². The highest BCUT2D eigenvalue weighted by molar-refractivity contribution is 6.16. The Balaban J connectivity index is 0.769. The standard InChI is InChI=1S/C66H46N2/c1-3-17-55(18-4-1)67(65-45-53-15-7-9-21-59(53)61-23-11-13-25-63(61)65)57-41-37-51(38-42-57)49-33-29-47(30-34-49)27-28-48-31-35-50(36-32-48)52-39-43-58(44-40-52)68(56-19-5-2-6-20-56)66-46-54-16-8-10-22-60(54)62-24-12-14-26-64(62)66/h1-46H/b28-27+. The minimum Gasteiger partial charge on any atom is -0.310 e. The quantitative estimate of drug-likeness (QED) is 0.0998. The van der Waals surface area contributed by atoms with Gasteiger partial charge in [0.1, 0.15) is 0 Å². The van der Waals surface area contributed by atoms with E-state index in [0.29, 0.717) is 0 Å². The van der Waals surface area contributed by atoms with Crippen molar-refractivity contribution in [3.63, 3.8) is 0 Å². The fraction of sp³-hybridized carbons (Fsp3) is 0. The van der Waals surface area contributed by atoms with E-state index in [4.69, 9.17) is 0 Å².